The van der Waals surface area contributed by atoms with Gasteiger partial charge in [0.2, 0.25) is 0 Å². The van der Waals surface area contributed by atoms with E-state index in [1.165, 1.54) is 0 Å². The van der Waals surface area contributed by atoms with Gasteiger partial charge in [0.15, 0.2) is 0 Å². The average Bonchev–Trinajstić information content (AvgIpc) is 2.61. The van der Waals surface area contributed by atoms with Gasteiger partial charge in [-0.1, -0.05) is 24.8 Å². The quantitative estimate of drug-likeness (QED) is 0.592. The van der Waals surface area contributed by atoms with Gasteiger partial charge in [0.1, 0.15) is 30.5 Å². The van der Waals surface area contributed by atoms with Crippen LogP contribution in [0.2, 0.25) is 0 Å². The van der Waals surface area contributed by atoms with E-state index < -0.39 is 0 Å². The fraction of sp³-hybridized carbons (Fsp3) is 0.111. The number of aromatic hydroxyl groups is 1. The second kappa shape index (κ2) is 11.3. The maximum Gasteiger partial charge on any atom is 0.298 e. The van der Waals surface area contributed by atoms with Crippen molar-refractivity contribution in [2.45, 2.75) is 6.61 Å². The van der Waals surface area contributed by atoms with Crippen LogP contribution in [0.3, 0.4) is 0 Å². The molecule has 0 spiro atoms. The molecule has 0 radical (unpaired) electrons. The minimum Gasteiger partial charge on any atom is -0.508 e. The molecule has 0 amide bonds. The van der Waals surface area contributed by atoms with Gasteiger partial charge in [-0.3, -0.25) is 9.59 Å². The molecule has 0 heterocycles. The van der Waals surface area contributed by atoms with E-state index in [-0.39, 0.29) is 12.4 Å². The van der Waals surface area contributed by atoms with Crippen LogP contribution in [0.1, 0.15) is 5.56 Å². The number of ether oxygens (including phenoxy) is 3. The molecule has 2 aromatic carbocycles. The van der Waals surface area contributed by atoms with E-state index >= 15 is 0 Å². The minimum absolute atomic E-state index is 0.208. The predicted octanol–water partition coefficient (Wildman–Crippen LogP) is 2.85. The zero-order chi connectivity index (χ0) is 17.6. The highest BCUT2D eigenvalue weighted by Crippen LogP contribution is 2.16. The first kappa shape index (κ1) is 18.8. The molecule has 2 aromatic rings. The molecule has 6 nitrogen and oxygen atoms in total. The van der Waals surface area contributed by atoms with E-state index in [1.54, 1.807) is 54.6 Å². The molecule has 0 atom stereocenters. The van der Waals surface area contributed by atoms with Crippen molar-refractivity contribution in [1.82, 2.24) is 0 Å². The molecule has 1 N–H and O–H groups in total. The molecular formula is C18H18O6. The maximum absolute atomic E-state index is 9.96. The Balaban J connectivity index is 0.000000243. The zero-order valence-corrected chi connectivity index (χ0v) is 13.0. The number of carbonyl (C=O) groups is 2. The molecule has 0 aliphatic rings. The predicted molar refractivity (Wildman–Crippen MR) is 87.8 cm³/mol. The van der Waals surface area contributed by atoms with Gasteiger partial charge in [0.25, 0.3) is 12.9 Å². The monoisotopic (exact) mass is 330 g/mol. The highest BCUT2D eigenvalue weighted by molar-refractivity contribution is 5.45. The molecule has 0 saturated carbocycles. The summed E-state index contributed by atoms with van der Waals surface area (Å²) >= 11 is 0. The summed E-state index contributed by atoms with van der Waals surface area (Å²) in [5.74, 6) is 1.43. The third-order valence-electron chi connectivity index (χ3n) is 2.63. The number of benzene rings is 2. The molecule has 0 aromatic heterocycles. The SMILES string of the molecule is C=CCOc1ccc(OC=O)cc1.O=COCc1ccc(O)cc1. The van der Waals surface area contributed by atoms with E-state index in [1.807, 2.05) is 0 Å². The van der Waals surface area contributed by atoms with Gasteiger partial charge in [-0.2, -0.15) is 0 Å². The average molecular weight is 330 g/mol. The van der Waals surface area contributed by atoms with Crippen LogP contribution in [0.15, 0.2) is 61.2 Å². The molecule has 0 aliphatic heterocycles. The standard InChI is InChI=1S/C10H10O3.C8H8O3/c1-2-7-12-9-3-5-10(6-4-9)13-8-11;9-6-11-5-7-1-3-8(10)4-2-7/h2-6,8H,1,7H2;1-4,6,10H,5H2. The van der Waals surface area contributed by atoms with Gasteiger partial charge >= 0.3 is 0 Å². The van der Waals surface area contributed by atoms with Gasteiger partial charge in [-0.15, -0.1) is 0 Å². The molecule has 6 heteroatoms. The van der Waals surface area contributed by atoms with Gasteiger partial charge in [-0.25, -0.2) is 0 Å². The summed E-state index contributed by atoms with van der Waals surface area (Å²) in [6, 6.07) is 13.2. The van der Waals surface area contributed by atoms with Gasteiger partial charge in [0.05, 0.1) is 0 Å². The summed E-state index contributed by atoms with van der Waals surface area (Å²) in [5.41, 5.74) is 0.856. The molecule has 0 unspecified atom stereocenters. The summed E-state index contributed by atoms with van der Waals surface area (Å²) in [6.07, 6.45) is 1.66. The Morgan fingerprint density at radius 2 is 1.54 bits per heavy atom. The number of phenolic OH excluding ortho intramolecular Hbond substituents is 1. The fourth-order valence-corrected chi connectivity index (χ4v) is 1.55. The number of rotatable bonds is 8. The van der Waals surface area contributed by atoms with Crippen LogP contribution in [0, 0.1) is 0 Å². The van der Waals surface area contributed by atoms with Gasteiger partial charge < -0.3 is 19.3 Å². The smallest absolute Gasteiger partial charge is 0.298 e. The Morgan fingerprint density at radius 3 is 2.08 bits per heavy atom. The number of carbonyl (C=O) groups excluding carboxylic acids is 2. The molecule has 24 heavy (non-hydrogen) atoms. The Morgan fingerprint density at radius 1 is 0.917 bits per heavy atom. The largest absolute Gasteiger partial charge is 0.508 e. The highest BCUT2D eigenvalue weighted by Gasteiger charge is 1.94. The summed E-state index contributed by atoms with van der Waals surface area (Å²) in [7, 11) is 0. The second-order valence-electron chi connectivity index (χ2n) is 4.36. The molecule has 0 fully saturated rings. The van der Waals surface area contributed by atoms with E-state index in [0.717, 1.165) is 11.3 Å². The Hall–Kier alpha value is -3.28. The summed E-state index contributed by atoms with van der Waals surface area (Å²) in [4.78, 5) is 19.7. The second-order valence-corrected chi connectivity index (χ2v) is 4.36. The molecule has 2 rings (SSSR count). The zero-order valence-electron chi connectivity index (χ0n) is 13.0. The lowest BCUT2D eigenvalue weighted by Gasteiger charge is -2.02. The van der Waals surface area contributed by atoms with Crippen molar-refractivity contribution >= 4 is 12.9 Å². The Kier molecular flexibility index (Phi) is 8.84. The van der Waals surface area contributed by atoms with E-state index in [9.17, 15) is 9.59 Å². The van der Waals surface area contributed by atoms with Crippen molar-refractivity contribution in [3.63, 3.8) is 0 Å². The summed E-state index contributed by atoms with van der Waals surface area (Å²) in [5, 5.41) is 8.87. The summed E-state index contributed by atoms with van der Waals surface area (Å²) in [6.45, 7) is 5.03. The van der Waals surface area contributed by atoms with Crippen molar-refractivity contribution in [1.29, 1.82) is 0 Å². The van der Waals surface area contributed by atoms with Gasteiger partial charge in [-0.05, 0) is 42.0 Å². The van der Waals surface area contributed by atoms with Crippen molar-refractivity contribution in [2.24, 2.45) is 0 Å². The number of phenols is 1. The normalized spacial score (nSPS) is 9.00. The topological polar surface area (TPSA) is 82.1 Å². The van der Waals surface area contributed by atoms with Crippen molar-refractivity contribution < 1.29 is 28.9 Å². The van der Waals surface area contributed by atoms with Crippen molar-refractivity contribution in [2.75, 3.05) is 6.61 Å². The number of hydrogen-bond acceptors (Lipinski definition) is 6. The van der Waals surface area contributed by atoms with Crippen LogP contribution in [-0.4, -0.2) is 24.7 Å². The van der Waals surface area contributed by atoms with Crippen LogP contribution in [0.25, 0.3) is 0 Å². The maximum atomic E-state index is 9.96. The first-order valence-corrected chi connectivity index (χ1v) is 6.96. The lowest BCUT2D eigenvalue weighted by Crippen LogP contribution is -1.93. The van der Waals surface area contributed by atoms with Gasteiger partial charge in [0, 0.05) is 0 Å². The van der Waals surface area contributed by atoms with E-state index in [2.05, 4.69) is 16.1 Å². The first-order chi connectivity index (χ1) is 11.7. The molecule has 0 saturated heterocycles. The third-order valence-corrected chi connectivity index (χ3v) is 2.63. The van der Waals surface area contributed by atoms with E-state index in [0.29, 0.717) is 25.3 Å². The Labute approximate surface area is 139 Å². The highest BCUT2D eigenvalue weighted by atomic mass is 16.5. The minimum atomic E-state index is 0.208. The number of hydrogen-bond donors (Lipinski definition) is 1. The van der Waals surface area contributed by atoms with Crippen LogP contribution in [0.5, 0.6) is 17.2 Å². The summed E-state index contributed by atoms with van der Waals surface area (Å²) < 4.78 is 14.3. The first-order valence-electron chi connectivity index (χ1n) is 6.96. The van der Waals surface area contributed by atoms with Crippen molar-refractivity contribution in [3.8, 4) is 17.2 Å². The van der Waals surface area contributed by atoms with E-state index in [4.69, 9.17) is 9.84 Å². The van der Waals surface area contributed by atoms with Crippen molar-refractivity contribution in [3.05, 3.63) is 66.7 Å². The van der Waals surface area contributed by atoms with Crippen LogP contribution < -0.4 is 9.47 Å². The van der Waals surface area contributed by atoms with Crippen LogP contribution in [-0.2, 0) is 20.9 Å². The molecule has 0 bridgehead atoms. The van der Waals surface area contributed by atoms with Crippen LogP contribution >= 0.6 is 0 Å². The molecule has 126 valence electrons. The molecular weight excluding hydrogens is 312 g/mol. The fourth-order valence-electron chi connectivity index (χ4n) is 1.55. The molecule has 0 aliphatic carbocycles. The Bertz CT molecular complexity index is 619. The lowest BCUT2D eigenvalue weighted by molar-refractivity contribution is -0.129. The lowest BCUT2D eigenvalue weighted by atomic mass is 10.2. The third kappa shape index (κ3) is 7.65. The van der Waals surface area contributed by atoms with Crippen LogP contribution in [0.4, 0.5) is 0 Å².